The fourth-order valence-electron chi connectivity index (χ4n) is 5.46. The van der Waals surface area contributed by atoms with E-state index in [2.05, 4.69) is 41.3 Å². The van der Waals surface area contributed by atoms with Gasteiger partial charge in [0, 0.05) is 69.5 Å². The Morgan fingerprint density at radius 2 is 1.88 bits per heavy atom. The maximum Gasteiger partial charge on any atom is 0.198 e. The van der Waals surface area contributed by atoms with Crippen molar-refractivity contribution in [3.63, 3.8) is 0 Å². The summed E-state index contributed by atoms with van der Waals surface area (Å²) in [5.41, 5.74) is 2.26. The van der Waals surface area contributed by atoms with Crippen molar-refractivity contribution < 1.29 is 28.1 Å². The van der Waals surface area contributed by atoms with Gasteiger partial charge in [-0.05, 0) is 74.6 Å². The lowest BCUT2D eigenvalue weighted by Crippen LogP contribution is -2.34. The molecule has 2 aromatic heterocycles. The SMILES string of the molecule is CC(C)Oc1ccc(-c2cn(COCC[Si](C)(C)C)c3nccc(Oc4c(F)cc(NC(=S)NC[C@H](CO)C5CC5)cc4F)c23)cc1C#N. The number of aliphatic hydroxyl groups excluding tert-OH is 1. The number of hydrogen-bond donors (Lipinski definition) is 3. The fraction of sp³-hybridized carbons (Fsp3) is 0.417. The van der Waals surface area contributed by atoms with Crippen molar-refractivity contribution in [2.45, 2.75) is 65.2 Å². The Kier molecular flexibility index (Phi) is 11.5. The average Bonchev–Trinajstić information content (AvgIpc) is 3.81. The molecule has 0 bridgehead atoms. The third-order valence-electron chi connectivity index (χ3n) is 8.24. The summed E-state index contributed by atoms with van der Waals surface area (Å²) in [4.78, 5) is 4.59. The molecule has 5 rings (SSSR count). The predicted octanol–water partition coefficient (Wildman–Crippen LogP) is 8.05. The molecule has 0 aliphatic heterocycles. The third kappa shape index (κ3) is 9.33. The van der Waals surface area contributed by atoms with Crippen LogP contribution in [0.4, 0.5) is 14.5 Å². The number of anilines is 1. The van der Waals surface area contributed by atoms with E-state index in [0.717, 1.165) is 31.0 Å². The van der Waals surface area contributed by atoms with E-state index in [0.29, 0.717) is 52.5 Å². The van der Waals surface area contributed by atoms with E-state index >= 15 is 8.78 Å². The molecule has 1 aliphatic carbocycles. The Labute approximate surface area is 292 Å². The van der Waals surface area contributed by atoms with Crippen LogP contribution in [0.3, 0.4) is 0 Å². The van der Waals surface area contributed by atoms with Crippen LogP contribution in [0.2, 0.25) is 25.7 Å². The number of halogens is 2. The largest absolute Gasteiger partial charge is 0.490 e. The van der Waals surface area contributed by atoms with Crippen LogP contribution in [0, 0.1) is 34.8 Å². The Morgan fingerprint density at radius 3 is 2.51 bits per heavy atom. The monoisotopic (exact) mass is 707 g/mol. The number of pyridine rings is 1. The van der Waals surface area contributed by atoms with Gasteiger partial charge in [0.2, 0.25) is 0 Å². The van der Waals surface area contributed by atoms with Crippen LogP contribution in [-0.4, -0.2) is 53.7 Å². The molecule has 1 aliphatic rings. The van der Waals surface area contributed by atoms with Gasteiger partial charge in [0.1, 0.15) is 29.9 Å². The lowest BCUT2D eigenvalue weighted by molar-refractivity contribution is 0.0899. The summed E-state index contributed by atoms with van der Waals surface area (Å²) in [6.45, 7) is 11.9. The van der Waals surface area contributed by atoms with E-state index < -0.39 is 25.5 Å². The van der Waals surface area contributed by atoms with Crippen LogP contribution >= 0.6 is 12.2 Å². The number of fused-ring (bicyclic) bond motifs is 1. The highest BCUT2D eigenvalue weighted by molar-refractivity contribution is 7.80. The van der Waals surface area contributed by atoms with Crippen molar-refractivity contribution in [2.75, 3.05) is 25.1 Å². The number of aromatic nitrogens is 2. The highest BCUT2D eigenvalue weighted by Crippen LogP contribution is 2.41. The summed E-state index contributed by atoms with van der Waals surface area (Å²) in [5, 5.41) is 26.1. The van der Waals surface area contributed by atoms with Crippen LogP contribution in [-0.2, 0) is 11.5 Å². The first-order chi connectivity index (χ1) is 23.4. The smallest absolute Gasteiger partial charge is 0.198 e. The number of nitrogens with one attached hydrogen (secondary N) is 2. The van der Waals surface area contributed by atoms with Crippen LogP contribution in [0.5, 0.6) is 17.2 Å². The summed E-state index contributed by atoms with van der Waals surface area (Å²) in [6.07, 6.45) is 5.39. The van der Waals surface area contributed by atoms with Crippen LogP contribution in [0.1, 0.15) is 32.3 Å². The number of ether oxygens (including phenoxy) is 3. The number of rotatable bonds is 15. The van der Waals surface area contributed by atoms with Gasteiger partial charge >= 0.3 is 0 Å². The maximum atomic E-state index is 15.5. The Hall–Kier alpha value is -4.09. The van der Waals surface area contributed by atoms with Crippen molar-refractivity contribution in [1.29, 1.82) is 5.26 Å². The van der Waals surface area contributed by atoms with Crippen molar-refractivity contribution in [3.05, 3.63) is 66.0 Å². The molecule has 49 heavy (non-hydrogen) atoms. The van der Waals surface area contributed by atoms with Crippen molar-refractivity contribution in [3.8, 4) is 34.4 Å². The Bertz CT molecular complexity index is 1830. The highest BCUT2D eigenvalue weighted by atomic mass is 32.1. The molecule has 13 heteroatoms. The minimum Gasteiger partial charge on any atom is -0.490 e. The quantitative estimate of drug-likeness (QED) is 0.0642. The van der Waals surface area contributed by atoms with E-state index in [1.807, 2.05) is 30.7 Å². The molecule has 1 fully saturated rings. The molecule has 0 unspecified atom stereocenters. The van der Waals surface area contributed by atoms with E-state index in [9.17, 15) is 10.4 Å². The minimum atomic E-state index is -1.32. The van der Waals surface area contributed by atoms with Gasteiger partial charge in [-0.25, -0.2) is 13.8 Å². The molecular formula is C36H43F2N5O4SSi. The first-order valence-corrected chi connectivity index (χ1v) is 20.6. The molecule has 260 valence electrons. The van der Waals surface area contributed by atoms with Crippen LogP contribution < -0.4 is 20.1 Å². The topological polar surface area (TPSA) is 114 Å². The number of nitrogens with zero attached hydrogens (tertiary/aromatic N) is 3. The van der Waals surface area contributed by atoms with Gasteiger partial charge in [0.05, 0.1) is 17.1 Å². The average molecular weight is 708 g/mol. The van der Waals surface area contributed by atoms with Gasteiger partial charge in [0.15, 0.2) is 22.5 Å². The summed E-state index contributed by atoms with van der Waals surface area (Å²) in [6, 6.07) is 12.2. The van der Waals surface area contributed by atoms with Gasteiger partial charge in [-0.2, -0.15) is 5.26 Å². The first-order valence-electron chi connectivity index (χ1n) is 16.5. The maximum absolute atomic E-state index is 15.5. The van der Waals surface area contributed by atoms with Crippen LogP contribution in [0.25, 0.3) is 22.2 Å². The second kappa shape index (κ2) is 15.6. The lowest BCUT2D eigenvalue weighted by Gasteiger charge is -2.17. The summed E-state index contributed by atoms with van der Waals surface area (Å²) in [7, 11) is -1.32. The summed E-state index contributed by atoms with van der Waals surface area (Å²) < 4.78 is 50.7. The third-order valence-corrected chi connectivity index (χ3v) is 10.2. The number of hydrogen-bond acceptors (Lipinski definition) is 7. The molecule has 0 amide bonds. The standard InChI is InChI=1S/C36H43F2N5O4SSi/c1-22(2)46-31-9-8-24(14-25(31)17-39)28-19-43(21-45-12-13-49(3,4)5)35-33(28)32(10-11-40-35)47-34-29(37)15-27(16-30(34)38)42-36(48)41-18-26(20-44)23-6-7-23/h8-11,14-16,19,22-23,26,44H,6-7,12-13,18,20-21H2,1-5H3,(H2,41,42,48)/t26-/m1/s1. The van der Waals surface area contributed by atoms with E-state index in [1.165, 1.54) is 6.20 Å². The molecule has 1 saturated carbocycles. The zero-order valence-corrected chi connectivity index (χ0v) is 30.3. The second-order valence-corrected chi connectivity index (χ2v) is 19.9. The first kappa shape index (κ1) is 36.2. The second-order valence-electron chi connectivity index (χ2n) is 13.8. The molecule has 2 aromatic carbocycles. The van der Waals surface area contributed by atoms with Crippen LogP contribution in [0.15, 0.2) is 48.8 Å². The number of benzene rings is 2. The molecule has 1 atom stereocenters. The lowest BCUT2D eigenvalue weighted by atomic mass is 10.0. The van der Waals surface area contributed by atoms with Crippen molar-refractivity contribution in [1.82, 2.24) is 14.9 Å². The highest BCUT2D eigenvalue weighted by Gasteiger charge is 2.30. The van der Waals surface area contributed by atoms with E-state index in [4.69, 9.17) is 26.4 Å². The normalized spacial score (nSPS) is 13.7. The van der Waals surface area contributed by atoms with Gasteiger partial charge < -0.3 is 34.5 Å². The molecule has 0 spiro atoms. The Balaban J connectivity index is 1.45. The molecule has 3 N–H and O–H groups in total. The van der Waals surface area contributed by atoms with Crippen molar-refractivity contribution in [2.24, 2.45) is 11.8 Å². The molecular weight excluding hydrogens is 665 g/mol. The predicted molar refractivity (Wildman–Crippen MR) is 194 cm³/mol. The van der Waals surface area contributed by atoms with Gasteiger partial charge in [0.25, 0.3) is 0 Å². The van der Waals surface area contributed by atoms with Gasteiger partial charge in [-0.3, -0.25) is 0 Å². The molecule has 2 heterocycles. The molecule has 0 saturated heterocycles. The zero-order chi connectivity index (χ0) is 35.3. The summed E-state index contributed by atoms with van der Waals surface area (Å²) >= 11 is 5.33. The number of nitriles is 1. The minimum absolute atomic E-state index is 0.0475. The van der Waals surface area contributed by atoms with Crippen molar-refractivity contribution >= 4 is 42.1 Å². The Morgan fingerprint density at radius 1 is 1.14 bits per heavy atom. The number of thiocarbonyl (C=S) groups is 1. The van der Waals surface area contributed by atoms with E-state index in [1.54, 1.807) is 18.2 Å². The zero-order valence-electron chi connectivity index (χ0n) is 28.5. The van der Waals surface area contributed by atoms with Gasteiger partial charge in [-0.15, -0.1) is 0 Å². The summed E-state index contributed by atoms with van der Waals surface area (Å²) in [5.74, 6) is -1.27. The fourth-order valence-corrected chi connectivity index (χ4v) is 6.42. The van der Waals surface area contributed by atoms with E-state index in [-0.39, 0.29) is 41.9 Å². The molecule has 4 aromatic rings. The number of aliphatic hydroxyl groups is 1. The molecule has 0 radical (unpaired) electrons. The molecule has 9 nitrogen and oxygen atoms in total. The van der Waals surface area contributed by atoms with Gasteiger partial charge in [-0.1, -0.05) is 25.7 Å².